The fraction of sp³-hybridized carbons (Fsp3) is 0.692. The Kier molecular flexibility index (Phi) is 4.09. The second kappa shape index (κ2) is 5.61. The molecule has 1 fully saturated rings. The third-order valence-corrected chi connectivity index (χ3v) is 3.38. The molecule has 2 atom stereocenters. The molecule has 3 N–H and O–H groups in total. The van der Waals surface area contributed by atoms with Crippen molar-refractivity contribution >= 4 is 11.5 Å². The molecule has 106 valence electrons. The van der Waals surface area contributed by atoms with Crippen molar-refractivity contribution in [1.29, 1.82) is 0 Å². The Bertz CT molecular complexity index is 437. The summed E-state index contributed by atoms with van der Waals surface area (Å²) in [5, 5.41) is 9.64. The minimum Gasteiger partial charge on any atom is -0.473 e. The smallest absolute Gasteiger partial charge is 0.242 e. The molecule has 2 heterocycles. The van der Waals surface area contributed by atoms with Gasteiger partial charge in [0.05, 0.1) is 12.2 Å². The number of anilines is 2. The zero-order valence-electron chi connectivity index (χ0n) is 11.7. The average Bonchev–Trinajstić information content (AvgIpc) is 2.80. The first-order chi connectivity index (χ1) is 8.99. The topological polar surface area (TPSA) is 84.5 Å². The fourth-order valence-corrected chi connectivity index (χ4v) is 2.31. The van der Waals surface area contributed by atoms with Crippen LogP contribution in [0.2, 0.25) is 0 Å². The van der Waals surface area contributed by atoms with Crippen molar-refractivity contribution in [2.24, 2.45) is 5.92 Å². The highest BCUT2D eigenvalue weighted by Crippen LogP contribution is 2.32. The molecule has 0 aromatic carbocycles. The van der Waals surface area contributed by atoms with Crippen LogP contribution in [-0.2, 0) is 0 Å². The molecule has 2 unspecified atom stereocenters. The molecule has 1 aliphatic heterocycles. The zero-order valence-corrected chi connectivity index (χ0v) is 11.7. The van der Waals surface area contributed by atoms with E-state index in [1.807, 2.05) is 20.8 Å². The van der Waals surface area contributed by atoms with Crippen LogP contribution in [0.4, 0.5) is 11.5 Å². The zero-order chi connectivity index (χ0) is 14.0. The van der Waals surface area contributed by atoms with Crippen LogP contribution in [0.15, 0.2) is 6.33 Å². The number of ether oxygens (including phenoxy) is 1. The van der Waals surface area contributed by atoms with E-state index in [-0.39, 0.29) is 18.1 Å². The maximum absolute atomic E-state index is 9.64. The van der Waals surface area contributed by atoms with Crippen LogP contribution in [0.3, 0.4) is 0 Å². The van der Waals surface area contributed by atoms with E-state index in [0.29, 0.717) is 17.4 Å². The molecule has 1 aromatic heterocycles. The van der Waals surface area contributed by atoms with E-state index in [2.05, 4.69) is 14.9 Å². The predicted octanol–water partition coefficient (Wildman–Crippen LogP) is 1.05. The van der Waals surface area contributed by atoms with Gasteiger partial charge in [-0.3, -0.25) is 0 Å². The normalized spacial score (nSPS) is 20.9. The molecule has 6 heteroatoms. The van der Waals surface area contributed by atoms with Gasteiger partial charge >= 0.3 is 0 Å². The highest BCUT2D eigenvalue weighted by Gasteiger charge is 2.28. The highest BCUT2D eigenvalue weighted by molar-refractivity contribution is 5.68. The average molecular weight is 266 g/mol. The van der Waals surface area contributed by atoms with Gasteiger partial charge in [-0.05, 0) is 27.2 Å². The lowest BCUT2D eigenvalue weighted by Crippen LogP contribution is -2.25. The van der Waals surface area contributed by atoms with Crippen molar-refractivity contribution in [2.45, 2.75) is 39.4 Å². The lowest BCUT2D eigenvalue weighted by atomic mass is 10.0. The molecule has 1 aliphatic rings. The quantitative estimate of drug-likeness (QED) is 0.847. The van der Waals surface area contributed by atoms with E-state index in [1.165, 1.54) is 6.33 Å². The first-order valence-electron chi connectivity index (χ1n) is 6.69. The van der Waals surface area contributed by atoms with Gasteiger partial charge in [0.15, 0.2) is 5.82 Å². The van der Waals surface area contributed by atoms with Crippen LogP contribution in [0.1, 0.15) is 27.2 Å². The van der Waals surface area contributed by atoms with Crippen molar-refractivity contribution in [3.05, 3.63) is 6.33 Å². The maximum Gasteiger partial charge on any atom is 0.242 e. The molecule has 6 nitrogen and oxygen atoms in total. The van der Waals surface area contributed by atoms with Gasteiger partial charge in [-0.2, -0.15) is 4.98 Å². The van der Waals surface area contributed by atoms with Crippen LogP contribution in [0.25, 0.3) is 0 Å². The van der Waals surface area contributed by atoms with Crippen molar-refractivity contribution in [3.8, 4) is 5.88 Å². The number of aliphatic hydroxyl groups is 1. The molecule has 1 aromatic rings. The third kappa shape index (κ3) is 3.07. The molecule has 0 aliphatic carbocycles. The molecule has 0 spiro atoms. The van der Waals surface area contributed by atoms with Crippen LogP contribution in [0, 0.1) is 5.92 Å². The van der Waals surface area contributed by atoms with E-state index in [1.54, 1.807) is 0 Å². The van der Waals surface area contributed by atoms with Gasteiger partial charge in [-0.1, -0.05) is 0 Å². The first kappa shape index (κ1) is 13.9. The Morgan fingerprint density at radius 3 is 2.74 bits per heavy atom. The molecule has 1 saturated heterocycles. The van der Waals surface area contributed by atoms with E-state index < -0.39 is 0 Å². The van der Waals surface area contributed by atoms with E-state index in [4.69, 9.17) is 10.5 Å². The number of aromatic nitrogens is 2. The van der Waals surface area contributed by atoms with E-state index in [0.717, 1.165) is 19.5 Å². The number of hydrogen-bond donors (Lipinski definition) is 2. The maximum atomic E-state index is 9.64. The number of hydrogen-bond acceptors (Lipinski definition) is 6. The summed E-state index contributed by atoms with van der Waals surface area (Å²) >= 11 is 0. The van der Waals surface area contributed by atoms with Crippen LogP contribution in [-0.4, -0.2) is 40.4 Å². The molecule has 0 bridgehead atoms. The number of rotatable bonds is 4. The molecule has 19 heavy (non-hydrogen) atoms. The summed E-state index contributed by atoms with van der Waals surface area (Å²) in [6.07, 6.45) is 2.13. The molecule has 0 amide bonds. The molecule has 0 saturated carbocycles. The third-order valence-electron chi connectivity index (χ3n) is 3.38. The van der Waals surface area contributed by atoms with Crippen LogP contribution >= 0.6 is 0 Å². The minimum absolute atomic E-state index is 0.0221. The summed E-state index contributed by atoms with van der Waals surface area (Å²) in [4.78, 5) is 10.4. The number of aliphatic hydroxyl groups excluding tert-OH is 1. The van der Waals surface area contributed by atoms with Crippen molar-refractivity contribution in [3.63, 3.8) is 0 Å². The summed E-state index contributed by atoms with van der Waals surface area (Å²) in [5.41, 5.74) is 6.55. The standard InChI is InChI=1S/C13H22N4O2/c1-8(2)19-13-11(14)12(15-7-16-13)17-5-4-10(6-17)9(3)18/h7-10,18H,4-6,14H2,1-3H3. The van der Waals surface area contributed by atoms with Crippen molar-refractivity contribution in [1.82, 2.24) is 9.97 Å². The summed E-state index contributed by atoms with van der Waals surface area (Å²) in [6.45, 7) is 7.30. The van der Waals surface area contributed by atoms with Gasteiger partial charge < -0.3 is 20.5 Å². The SMILES string of the molecule is CC(C)Oc1ncnc(N2CCC(C(C)O)C2)c1N. The number of nitrogens with two attached hydrogens (primary N) is 1. The lowest BCUT2D eigenvalue weighted by Gasteiger charge is -2.21. The van der Waals surface area contributed by atoms with Crippen molar-refractivity contribution < 1.29 is 9.84 Å². The summed E-state index contributed by atoms with van der Waals surface area (Å²) < 4.78 is 5.57. The largest absolute Gasteiger partial charge is 0.473 e. The van der Waals surface area contributed by atoms with Crippen LogP contribution in [0.5, 0.6) is 5.88 Å². The van der Waals surface area contributed by atoms with Gasteiger partial charge in [0.25, 0.3) is 0 Å². The minimum atomic E-state index is -0.306. The first-order valence-corrected chi connectivity index (χ1v) is 6.69. The second-order valence-electron chi connectivity index (χ2n) is 5.32. The highest BCUT2D eigenvalue weighted by atomic mass is 16.5. The monoisotopic (exact) mass is 266 g/mol. The lowest BCUT2D eigenvalue weighted by molar-refractivity contribution is 0.136. The molecular formula is C13H22N4O2. The second-order valence-corrected chi connectivity index (χ2v) is 5.32. The fourth-order valence-electron chi connectivity index (χ4n) is 2.31. The summed E-state index contributed by atoms with van der Waals surface area (Å²) in [7, 11) is 0. The van der Waals surface area contributed by atoms with Gasteiger partial charge in [-0.25, -0.2) is 4.98 Å². The Labute approximate surface area is 113 Å². The Hall–Kier alpha value is -1.56. The number of nitrogens with zero attached hydrogens (tertiary/aromatic N) is 3. The van der Waals surface area contributed by atoms with E-state index in [9.17, 15) is 5.11 Å². The van der Waals surface area contributed by atoms with Crippen molar-refractivity contribution in [2.75, 3.05) is 23.7 Å². The Morgan fingerprint density at radius 2 is 2.16 bits per heavy atom. The summed E-state index contributed by atoms with van der Waals surface area (Å²) in [6, 6.07) is 0. The van der Waals surface area contributed by atoms with Crippen LogP contribution < -0.4 is 15.4 Å². The molecular weight excluding hydrogens is 244 g/mol. The van der Waals surface area contributed by atoms with E-state index >= 15 is 0 Å². The van der Waals surface area contributed by atoms with Gasteiger partial charge in [0.2, 0.25) is 5.88 Å². The number of nitrogen functional groups attached to an aromatic ring is 1. The molecule has 2 rings (SSSR count). The Morgan fingerprint density at radius 1 is 1.42 bits per heavy atom. The Balaban J connectivity index is 2.17. The predicted molar refractivity (Wildman–Crippen MR) is 74.2 cm³/mol. The van der Waals surface area contributed by atoms with Gasteiger partial charge in [0.1, 0.15) is 12.0 Å². The summed E-state index contributed by atoms with van der Waals surface area (Å²) in [5.74, 6) is 1.40. The molecule has 0 radical (unpaired) electrons. The van der Waals surface area contributed by atoms with Gasteiger partial charge in [0, 0.05) is 19.0 Å². The van der Waals surface area contributed by atoms with Gasteiger partial charge in [-0.15, -0.1) is 0 Å².